The highest BCUT2D eigenvalue weighted by Gasteiger charge is 2.51. The summed E-state index contributed by atoms with van der Waals surface area (Å²) >= 11 is 0. The minimum atomic E-state index is -2.94. The Morgan fingerprint density at radius 3 is 2.05 bits per heavy atom. The largest absolute Gasteiger partial charge is 0.469 e. The molecular formula is C37H50N2O4Si. The Kier molecular flexibility index (Phi) is 16.3. The molecule has 2 aromatic rings. The molecule has 0 radical (unpaired) electrons. The van der Waals surface area contributed by atoms with E-state index in [1.807, 2.05) is 60.7 Å². The second-order valence-electron chi connectivity index (χ2n) is 11.9. The van der Waals surface area contributed by atoms with Crippen molar-refractivity contribution in [2.75, 3.05) is 7.11 Å². The smallest absolute Gasteiger partial charge is 0.338 e. The molecular weight excluding hydrogens is 565 g/mol. The number of benzene rings is 2. The van der Waals surface area contributed by atoms with Crippen LogP contribution < -0.4 is 10.4 Å². The Morgan fingerprint density at radius 2 is 1.50 bits per heavy atom. The van der Waals surface area contributed by atoms with Gasteiger partial charge >= 0.3 is 11.7 Å². The number of nitrogens with zero attached hydrogens (tertiary/aromatic N) is 2. The van der Waals surface area contributed by atoms with Crippen LogP contribution in [0.15, 0.2) is 97.1 Å². The van der Waals surface area contributed by atoms with E-state index in [9.17, 15) is 15.1 Å². The molecule has 0 aromatic heterocycles. The maximum absolute atomic E-state index is 13.5. The summed E-state index contributed by atoms with van der Waals surface area (Å²) in [5, 5.41) is 2.00. The van der Waals surface area contributed by atoms with Crippen LogP contribution in [0.5, 0.6) is 0 Å². The third-order valence-corrected chi connectivity index (χ3v) is 12.6. The summed E-state index contributed by atoms with van der Waals surface area (Å²) in [6.07, 6.45) is 17.7. The van der Waals surface area contributed by atoms with Gasteiger partial charge in [0.1, 0.15) is 0 Å². The molecule has 0 bridgehead atoms. The molecule has 0 spiro atoms. The third-order valence-electron chi connectivity index (χ3n) is 7.58. The lowest BCUT2D eigenvalue weighted by Crippen LogP contribution is -2.67. The number of esters is 1. The molecule has 0 amide bonds. The fourth-order valence-corrected chi connectivity index (χ4v) is 9.86. The molecule has 1 atom stereocenters. The van der Waals surface area contributed by atoms with E-state index in [0.29, 0.717) is 19.3 Å². The van der Waals surface area contributed by atoms with Crippen LogP contribution >= 0.6 is 0 Å². The number of allylic oxidation sites excluding steroid dienone is 5. The second-order valence-corrected chi connectivity index (χ2v) is 16.2. The molecule has 0 aliphatic heterocycles. The van der Waals surface area contributed by atoms with Crippen molar-refractivity contribution in [3.63, 3.8) is 0 Å². The lowest BCUT2D eigenvalue weighted by molar-refractivity contribution is -0.140. The number of ether oxygens (including phenoxy) is 1. The van der Waals surface area contributed by atoms with Gasteiger partial charge in [0, 0.05) is 12.8 Å². The summed E-state index contributed by atoms with van der Waals surface area (Å²) < 4.78 is 11.9. The number of rotatable bonds is 19. The highest BCUT2D eigenvalue weighted by Crippen LogP contribution is 2.38. The molecule has 2 rings (SSSR count). The van der Waals surface area contributed by atoms with Crippen LogP contribution in [0, 0.1) is 0 Å². The van der Waals surface area contributed by atoms with Crippen molar-refractivity contribution < 1.29 is 23.5 Å². The zero-order valence-electron chi connectivity index (χ0n) is 27.2. The van der Waals surface area contributed by atoms with Crippen LogP contribution in [-0.4, -0.2) is 43.8 Å². The predicted molar refractivity (Wildman–Crippen MR) is 183 cm³/mol. The summed E-state index contributed by atoms with van der Waals surface area (Å²) in [5.41, 5.74) is 9.84. The maximum Gasteiger partial charge on any atom is 0.338 e. The van der Waals surface area contributed by atoms with E-state index in [4.69, 9.17) is 4.43 Å². The monoisotopic (exact) mass is 614 g/mol. The normalized spacial score (nSPS) is 12.9. The lowest BCUT2D eigenvalue weighted by atomic mass is 10.1. The molecule has 0 fully saturated rings. The number of hydrogen-bond acceptors (Lipinski definition) is 4. The van der Waals surface area contributed by atoms with Crippen LogP contribution in [0.3, 0.4) is 0 Å². The molecule has 0 heterocycles. The number of Topliss-reactive ketones (excluding diaryl/α,β-unsaturated/α-hetero) is 1. The minimum absolute atomic E-state index is 0.0419. The molecule has 0 N–H and O–H groups in total. The van der Waals surface area contributed by atoms with E-state index >= 15 is 0 Å². The van der Waals surface area contributed by atoms with Crippen LogP contribution in [-0.2, 0) is 18.8 Å². The Bertz CT molecular complexity index is 1250. The first-order valence-electron chi connectivity index (χ1n) is 15.8. The van der Waals surface area contributed by atoms with Crippen molar-refractivity contribution in [3.05, 3.63) is 103 Å². The summed E-state index contributed by atoms with van der Waals surface area (Å²) in [4.78, 5) is 28.2. The summed E-state index contributed by atoms with van der Waals surface area (Å²) in [6.45, 7) is 8.82. The van der Waals surface area contributed by atoms with Crippen molar-refractivity contribution in [2.45, 2.75) is 96.6 Å². The van der Waals surface area contributed by atoms with Gasteiger partial charge in [0.05, 0.1) is 19.6 Å². The van der Waals surface area contributed by atoms with Gasteiger partial charge in [-0.1, -0.05) is 138 Å². The van der Waals surface area contributed by atoms with E-state index in [1.165, 1.54) is 20.0 Å². The summed E-state index contributed by atoms with van der Waals surface area (Å²) in [7, 11) is -1.57. The molecule has 236 valence electrons. The fraction of sp³-hybridized carbons (Fsp3) is 0.432. The highest BCUT2D eigenvalue weighted by molar-refractivity contribution is 6.99. The second kappa shape index (κ2) is 19.6. The average molecular weight is 615 g/mol. The molecule has 6 nitrogen and oxygen atoms in total. The zero-order valence-corrected chi connectivity index (χ0v) is 28.2. The van der Waals surface area contributed by atoms with Gasteiger partial charge in [-0.3, -0.25) is 9.59 Å². The molecule has 0 unspecified atom stereocenters. The average Bonchev–Trinajstić information content (AvgIpc) is 3.02. The number of ketones is 1. The standard InChI is InChI=1S/C37H50N2O4Si/c1-6-7-8-9-10-11-16-23-31(30-35(40)34(39-38)28-21-12-13-22-29-36(41)42-5)43-44(37(2,3)4,32-24-17-14-18-25-32)33-26-19-15-20-27-33/h10-12,14-21,23-27,31H,6-9,13,22,28-30H2,1-5H3/b11-10+,21-12-,23-16+/t31-/m0/s1. The van der Waals surface area contributed by atoms with Crippen molar-refractivity contribution in [2.24, 2.45) is 0 Å². The summed E-state index contributed by atoms with van der Waals surface area (Å²) in [6, 6.07) is 20.7. The fourth-order valence-electron chi connectivity index (χ4n) is 5.23. The van der Waals surface area contributed by atoms with Gasteiger partial charge in [-0.25, -0.2) is 0 Å². The first-order chi connectivity index (χ1) is 21.2. The quantitative estimate of drug-likeness (QED) is 0.0239. The Labute approximate surface area is 265 Å². The predicted octanol–water partition coefficient (Wildman–Crippen LogP) is 7.54. The van der Waals surface area contributed by atoms with Crippen LogP contribution in [0.2, 0.25) is 5.04 Å². The molecule has 0 aliphatic carbocycles. The Morgan fingerprint density at radius 1 is 0.886 bits per heavy atom. The molecule has 44 heavy (non-hydrogen) atoms. The number of unbranched alkanes of at least 4 members (excludes halogenated alkanes) is 4. The third kappa shape index (κ3) is 11.5. The summed E-state index contributed by atoms with van der Waals surface area (Å²) in [5.74, 6) is -0.520. The zero-order chi connectivity index (χ0) is 32.3. The Balaban J connectivity index is 2.40. The molecule has 2 aromatic carbocycles. The maximum atomic E-state index is 13.5. The van der Waals surface area contributed by atoms with Gasteiger partial charge in [0.15, 0.2) is 0 Å². The van der Waals surface area contributed by atoms with Gasteiger partial charge in [0.25, 0.3) is 8.32 Å². The number of carbonyl (C=O) groups excluding carboxylic acids is 2. The van der Waals surface area contributed by atoms with Crippen LogP contribution in [0.25, 0.3) is 5.53 Å². The van der Waals surface area contributed by atoms with Gasteiger partial charge in [0.2, 0.25) is 5.78 Å². The number of hydrogen-bond donors (Lipinski definition) is 0. The Hall–Kier alpha value is -3.64. The van der Waals surface area contributed by atoms with Crippen LogP contribution in [0.4, 0.5) is 0 Å². The minimum Gasteiger partial charge on any atom is -0.469 e. The number of carbonyl (C=O) groups is 2. The van der Waals surface area contributed by atoms with E-state index in [1.54, 1.807) is 6.08 Å². The van der Waals surface area contributed by atoms with E-state index in [0.717, 1.165) is 23.2 Å². The van der Waals surface area contributed by atoms with Crippen LogP contribution in [0.1, 0.15) is 85.5 Å². The number of methoxy groups -OCH3 is 1. The highest BCUT2D eigenvalue weighted by atomic mass is 28.4. The molecule has 0 saturated heterocycles. The first kappa shape index (κ1) is 36.5. The van der Waals surface area contributed by atoms with Crippen molar-refractivity contribution in [3.8, 4) is 0 Å². The molecule has 7 heteroatoms. The van der Waals surface area contributed by atoms with Gasteiger partial charge < -0.3 is 14.7 Å². The molecule has 0 saturated carbocycles. The van der Waals surface area contributed by atoms with Crippen molar-refractivity contribution in [1.29, 1.82) is 0 Å². The van der Waals surface area contributed by atoms with E-state index in [2.05, 4.69) is 67.6 Å². The lowest BCUT2D eigenvalue weighted by Gasteiger charge is -2.44. The first-order valence-corrected chi connectivity index (χ1v) is 17.7. The SMILES string of the molecule is CCCCC/C=C/C=C/[C@@H](CC(=O)C(C/C=C\CCCC(=O)OC)=[N+]=[N-])O[Si](c1ccccc1)(c1ccccc1)C(C)(C)C. The van der Waals surface area contributed by atoms with Crippen molar-refractivity contribution in [1.82, 2.24) is 0 Å². The van der Waals surface area contributed by atoms with E-state index in [-0.39, 0.29) is 35.3 Å². The van der Waals surface area contributed by atoms with E-state index < -0.39 is 14.4 Å². The van der Waals surface area contributed by atoms with Gasteiger partial charge in [-0.15, -0.1) is 0 Å². The van der Waals surface area contributed by atoms with Gasteiger partial charge in [-0.05, 0) is 41.1 Å². The topological polar surface area (TPSA) is 89.0 Å². The molecule has 0 aliphatic rings. The van der Waals surface area contributed by atoms with Gasteiger partial charge in [-0.2, -0.15) is 4.79 Å². The van der Waals surface area contributed by atoms with Crippen molar-refractivity contribution >= 4 is 36.2 Å².